The number of nitrogens with one attached hydrogen (secondary N) is 1. The number of nitrogens with zero attached hydrogens (tertiary/aromatic N) is 1. The number of carbonyl (C=O) groups excluding carboxylic acids is 2. The second-order valence-electron chi connectivity index (χ2n) is 7.43. The average molecular weight is 418 g/mol. The van der Waals surface area contributed by atoms with Crippen LogP contribution in [0.1, 0.15) is 18.4 Å². The molecule has 1 unspecified atom stereocenters. The Hall–Kier alpha value is -1.97. The van der Waals surface area contributed by atoms with E-state index in [1.807, 2.05) is 5.32 Å². The van der Waals surface area contributed by atoms with Crippen LogP contribution in [0, 0.1) is 23.5 Å². The number of carbonyl (C=O) groups is 2. The number of benzene rings is 1. The minimum atomic E-state index is -3.55. The van der Waals surface area contributed by atoms with E-state index in [0.29, 0.717) is 18.8 Å². The number of ether oxygens (including phenoxy) is 1. The van der Waals surface area contributed by atoms with Crippen LogP contribution in [0.4, 0.5) is 28.0 Å². The van der Waals surface area contributed by atoms with E-state index >= 15 is 0 Å². The van der Waals surface area contributed by atoms with Crippen LogP contribution in [0.15, 0.2) is 12.1 Å². The standard InChI is InChI=1S/C18H18F4N2O3S/c1-18(21,22)16(25)23-4-9-5-24(17(26)27-9)8-2-12(19)15(13(20)3-8)14-10-6-28-7-11(10)14/h2-3,9-11,14H,4-7H2,1H3,(H,23,25)/t9-,10-,11+,14?/m0/s1. The minimum Gasteiger partial charge on any atom is -0.442 e. The van der Waals surface area contributed by atoms with E-state index < -0.39 is 35.7 Å². The molecule has 2 amide bonds. The number of cyclic esters (lactones) is 1. The van der Waals surface area contributed by atoms with E-state index in [0.717, 1.165) is 28.5 Å². The van der Waals surface area contributed by atoms with Crippen molar-refractivity contribution in [2.45, 2.75) is 24.9 Å². The van der Waals surface area contributed by atoms with Gasteiger partial charge in [0.2, 0.25) is 0 Å². The molecule has 1 aromatic carbocycles. The molecular formula is C18H18F4N2O3S. The summed E-state index contributed by atoms with van der Waals surface area (Å²) in [6, 6.07) is 2.20. The fourth-order valence-electron chi connectivity index (χ4n) is 3.91. The van der Waals surface area contributed by atoms with Crippen molar-refractivity contribution in [1.29, 1.82) is 0 Å². The summed E-state index contributed by atoms with van der Waals surface area (Å²) < 4.78 is 60.0. The first-order valence-corrected chi connectivity index (χ1v) is 10.0. The smallest absolute Gasteiger partial charge is 0.414 e. The minimum absolute atomic E-state index is 0.00131. The molecule has 3 fully saturated rings. The lowest BCUT2D eigenvalue weighted by atomic mass is 10.1. The highest BCUT2D eigenvalue weighted by molar-refractivity contribution is 7.99. The predicted octanol–water partition coefficient (Wildman–Crippen LogP) is 3.14. The Labute approximate surface area is 162 Å². The highest BCUT2D eigenvalue weighted by atomic mass is 32.2. The Balaban J connectivity index is 1.44. The number of halogens is 4. The van der Waals surface area contributed by atoms with Crippen molar-refractivity contribution in [2.75, 3.05) is 29.5 Å². The number of hydrogen-bond acceptors (Lipinski definition) is 4. The molecule has 152 valence electrons. The summed E-state index contributed by atoms with van der Waals surface area (Å²) in [5, 5.41) is 1.99. The van der Waals surface area contributed by atoms with Gasteiger partial charge in [-0.25, -0.2) is 13.6 Å². The van der Waals surface area contributed by atoms with Crippen LogP contribution in [0.3, 0.4) is 0 Å². The average Bonchev–Trinajstić information content (AvgIpc) is 2.96. The van der Waals surface area contributed by atoms with Crippen molar-refractivity contribution < 1.29 is 31.9 Å². The van der Waals surface area contributed by atoms with E-state index in [-0.39, 0.29) is 30.3 Å². The maximum atomic E-state index is 14.6. The van der Waals surface area contributed by atoms with Crippen LogP contribution in [-0.2, 0) is 9.53 Å². The van der Waals surface area contributed by atoms with Gasteiger partial charge in [-0.2, -0.15) is 20.5 Å². The number of hydrogen-bond donors (Lipinski definition) is 1. The van der Waals surface area contributed by atoms with Gasteiger partial charge in [0.1, 0.15) is 17.7 Å². The van der Waals surface area contributed by atoms with Crippen LogP contribution < -0.4 is 10.2 Å². The maximum Gasteiger partial charge on any atom is 0.414 e. The number of anilines is 1. The summed E-state index contributed by atoms with van der Waals surface area (Å²) in [4.78, 5) is 24.3. The van der Waals surface area contributed by atoms with Crippen molar-refractivity contribution >= 4 is 29.4 Å². The van der Waals surface area contributed by atoms with Crippen LogP contribution >= 0.6 is 11.8 Å². The van der Waals surface area contributed by atoms with E-state index in [2.05, 4.69) is 0 Å². The van der Waals surface area contributed by atoms with Crippen molar-refractivity contribution in [3.8, 4) is 0 Å². The molecule has 2 saturated heterocycles. The van der Waals surface area contributed by atoms with Gasteiger partial charge in [0.15, 0.2) is 0 Å². The maximum absolute atomic E-state index is 14.6. The van der Waals surface area contributed by atoms with Gasteiger partial charge in [-0.1, -0.05) is 0 Å². The fourth-order valence-corrected chi connectivity index (χ4v) is 5.50. The van der Waals surface area contributed by atoms with Crippen LogP contribution in [0.5, 0.6) is 0 Å². The molecule has 28 heavy (non-hydrogen) atoms. The molecule has 4 atom stereocenters. The molecular weight excluding hydrogens is 400 g/mol. The zero-order chi connectivity index (χ0) is 20.2. The van der Waals surface area contributed by atoms with Crippen molar-refractivity contribution in [1.82, 2.24) is 5.32 Å². The lowest BCUT2D eigenvalue weighted by molar-refractivity contribution is -0.143. The molecule has 10 heteroatoms. The molecule has 0 spiro atoms. The predicted molar refractivity (Wildman–Crippen MR) is 94.6 cm³/mol. The van der Waals surface area contributed by atoms with Gasteiger partial charge >= 0.3 is 12.0 Å². The molecule has 2 aliphatic heterocycles. The molecule has 0 aromatic heterocycles. The van der Waals surface area contributed by atoms with Gasteiger partial charge in [0, 0.05) is 12.5 Å². The first kappa shape index (κ1) is 19.4. The normalized spacial score (nSPS) is 28.9. The Bertz CT molecular complexity index is 799. The number of amides is 2. The molecule has 1 saturated carbocycles. The zero-order valence-electron chi connectivity index (χ0n) is 14.9. The summed E-state index contributed by atoms with van der Waals surface area (Å²) >= 11 is 1.78. The molecule has 4 rings (SSSR count). The highest BCUT2D eigenvalue weighted by Crippen LogP contribution is 2.62. The van der Waals surface area contributed by atoms with Gasteiger partial charge in [-0.05, 0) is 41.4 Å². The van der Waals surface area contributed by atoms with Crippen LogP contribution in [0.25, 0.3) is 0 Å². The van der Waals surface area contributed by atoms with Gasteiger partial charge in [-0.3, -0.25) is 9.69 Å². The summed E-state index contributed by atoms with van der Waals surface area (Å²) in [5.74, 6) is -4.14. The van der Waals surface area contributed by atoms with Gasteiger partial charge in [0.25, 0.3) is 5.91 Å². The SMILES string of the molecule is CC(F)(F)C(=O)NC[C@H]1CN(c2cc(F)c(C3[C@H]4CSC[C@@H]34)c(F)c2)C(=O)O1. The second kappa shape index (κ2) is 6.82. The number of alkyl halides is 2. The number of rotatable bonds is 5. The Morgan fingerprint density at radius 3 is 2.46 bits per heavy atom. The lowest BCUT2D eigenvalue weighted by Gasteiger charge is -2.16. The van der Waals surface area contributed by atoms with E-state index in [1.165, 1.54) is 0 Å². The van der Waals surface area contributed by atoms with E-state index in [4.69, 9.17) is 4.74 Å². The molecule has 1 N–H and O–H groups in total. The topological polar surface area (TPSA) is 58.6 Å². The third-order valence-electron chi connectivity index (χ3n) is 5.42. The Morgan fingerprint density at radius 1 is 1.29 bits per heavy atom. The Morgan fingerprint density at radius 2 is 1.89 bits per heavy atom. The van der Waals surface area contributed by atoms with Gasteiger partial charge < -0.3 is 10.1 Å². The Kier molecular flexibility index (Phi) is 4.71. The van der Waals surface area contributed by atoms with Gasteiger partial charge in [0.05, 0.1) is 18.8 Å². The third kappa shape index (κ3) is 3.42. The van der Waals surface area contributed by atoms with Crippen molar-refractivity contribution in [2.24, 2.45) is 11.8 Å². The van der Waals surface area contributed by atoms with Crippen molar-refractivity contribution in [3.63, 3.8) is 0 Å². The molecule has 3 aliphatic rings. The first-order chi connectivity index (χ1) is 13.2. The zero-order valence-corrected chi connectivity index (χ0v) is 15.7. The molecule has 5 nitrogen and oxygen atoms in total. The van der Waals surface area contributed by atoms with Gasteiger partial charge in [-0.15, -0.1) is 0 Å². The van der Waals surface area contributed by atoms with Crippen LogP contribution in [-0.4, -0.2) is 48.6 Å². The van der Waals surface area contributed by atoms with E-state index in [1.54, 1.807) is 11.8 Å². The molecule has 2 heterocycles. The summed E-state index contributed by atoms with van der Waals surface area (Å²) in [7, 11) is 0. The largest absolute Gasteiger partial charge is 0.442 e. The molecule has 0 bridgehead atoms. The molecule has 1 aromatic rings. The molecule has 0 radical (unpaired) electrons. The monoisotopic (exact) mass is 418 g/mol. The quantitative estimate of drug-likeness (QED) is 0.747. The number of fused-ring (bicyclic) bond motifs is 1. The fraction of sp³-hybridized carbons (Fsp3) is 0.556. The third-order valence-corrected chi connectivity index (χ3v) is 6.67. The molecule has 1 aliphatic carbocycles. The lowest BCUT2D eigenvalue weighted by Crippen LogP contribution is -2.42. The van der Waals surface area contributed by atoms with Crippen LogP contribution in [0.2, 0.25) is 0 Å². The highest BCUT2D eigenvalue weighted by Gasteiger charge is 2.55. The summed E-state index contributed by atoms with van der Waals surface area (Å²) in [5.41, 5.74) is 0.0687. The second-order valence-corrected chi connectivity index (χ2v) is 8.50. The summed E-state index contributed by atoms with van der Waals surface area (Å²) in [6.07, 6.45) is -1.75. The first-order valence-electron chi connectivity index (χ1n) is 8.87. The summed E-state index contributed by atoms with van der Waals surface area (Å²) in [6.45, 7) is 0.0176. The van der Waals surface area contributed by atoms with E-state index in [9.17, 15) is 27.2 Å². The number of thioether (sulfide) groups is 1. The van der Waals surface area contributed by atoms with Crippen molar-refractivity contribution in [3.05, 3.63) is 29.3 Å².